The van der Waals surface area contributed by atoms with Gasteiger partial charge < -0.3 is 0 Å². The van der Waals surface area contributed by atoms with Gasteiger partial charge in [-0.25, -0.2) is 0 Å². The Labute approximate surface area is 122 Å². The molecule has 0 aromatic heterocycles. The van der Waals surface area contributed by atoms with Gasteiger partial charge in [-0.1, -0.05) is 63.6 Å². The number of thioether (sulfide) groups is 1. The highest BCUT2D eigenvalue weighted by Crippen LogP contribution is 2.25. The quantitative estimate of drug-likeness (QED) is 0.735. The van der Waals surface area contributed by atoms with E-state index in [-0.39, 0.29) is 5.12 Å². The van der Waals surface area contributed by atoms with E-state index in [2.05, 4.69) is 47.1 Å². The Morgan fingerprint density at radius 3 is 2.56 bits per heavy atom. The molecule has 0 bridgehead atoms. The number of halogens is 1. The van der Waals surface area contributed by atoms with Crippen LogP contribution < -0.4 is 0 Å². The van der Waals surface area contributed by atoms with Crippen molar-refractivity contribution in [1.82, 2.24) is 0 Å². The van der Waals surface area contributed by atoms with E-state index in [1.54, 1.807) is 6.92 Å². The molecule has 1 rings (SSSR count). The van der Waals surface area contributed by atoms with E-state index < -0.39 is 0 Å². The normalized spacial score (nSPS) is 13.4. The lowest BCUT2D eigenvalue weighted by atomic mass is 10.0. The van der Waals surface area contributed by atoms with E-state index in [9.17, 15) is 4.79 Å². The highest BCUT2D eigenvalue weighted by atomic mass is 79.9. The number of benzene rings is 1. The van der Waals surface area contributed by atoms with E-state index >= 15 is 0 Å². The summed E-state index contributed by atoms with van der Waals surface area (Å²) in [5.41, 5.74) is 2.62. The summed E-state index contributed by atoms with van der Waals surface area (Å²) in [7, 11) is 0. The van der Waals surface area contributed by atoms with Gasteiger partial charge in [-0.3, -0.25) is 4.79 Å². The molecule has 0 aliphatic carbocycles. The standard InChI is InChI=1S/C15H19BrOS/c1-12(11-16)10-15(18-13(2)17)9-8-14-6-4-3-5-7-14/h3-7,11,15H,8-10H2,1-2H3/b12-11+. The van der Waals surface area contributed by atoms with Crippen LogP contribution in [0.5, 0.6) is 0 Å². The lowest BCUT2D eigenvalue weighted by Crippen LogP contribution is -2.07. The molecule has 18 heavy (non-hydrogen) atoms. The maximum absolute atomic E-state index is 11.3. The van der Waals surface area contributed by atoms with Crippen LogP contribution >= 0.6 is 27.7 Å². The first-order valence-electron chi connectivity index (χ1n) is 6.09. The average molecular weight is 327 g/mol. The summed E-state index contributed by atoms with van der Waals surface area (Å²) < 4.78 is 0. The highest BCUT2D eigenvalue weighted by Gasteiger charge is 2.12. The first kappa shape index (κ1) is 15.5. The predicted octanol–water partition coefficient (Wildman–Crippen LogP) is 4.96. The van der Waals surface area contributed by atoms with Crippen molar-refractivity contribution in [1.29, 1.82) is 0 Å². The summed E-state index contributed by atoms with van der Waals surface area (Å²) in [6.07, 6.45) is 3.02. The number of allylic oxidation sites excluding steroid dienone is 1. The van der Waals surface area contributed by atoms with Gasteiger partial charge in [-0.15, -0.1) is 0 Å². The average Bonchev–Trinajstić information content (AvgIpc) is 2.36. The first-order valence-corrected chi connectivity index (χ1v) is 7.88. The fraction of sp³-hybridized carbons (Fsp3) is 0.400. The monoisotopic (exact) mass is 326 g/mol. The second-order valence-corrected chi connectivity index (χ2v) is 6.35. The molecule has 0 fully saturated rings. The zero-order valence-electron chi connectivity index (χ0n) is 10.9. The Hall–Kier alpha value is -0.540. The third kappa shape index (κ3) is 6.41. The van der Waals surface area contributed by atoms with E-state index in [0.29, 0.717) is 5.25 Å². The van der Waals surface area contributed by atoms with Gasteiger partial charge in [0.2, 0.25) is 0 Å². The number of hydrogen-bond donors (Lipinski definition) is 0. The topological polar surface area (TPSA) is 17.1 Å². The molecule has 98 valence electrons. The van der Waals surface area contributed by atoms with Gasteiger partial charge in [0, 0.05) is 12.2 Å². The fourth-order valence-electron chi connectivity index (χ4n) is 1.81. The molecule has 1 nitrogen and oxygen atoms in total. The number of carbonyl (C=O) groups excluding carboxylic acids is 1. The Bertz CT molecular complexity index is 400. The van der Waals surface area contributed by atoms with Gasteiger partial charge in [0.25, 0.3) is 0 Å². The van der Waals surface area contributed by atoms with Gasteiger partial charge in [0.1, 0.15) is 0 Å². The van der Waals surface area contributed by atoms with Gasteiger partial charge in [-0.2, -0.15) is 0 Å². The van der Waals surface area contributed by atoms with Gasteiger partial charge in [0.15, 0.2) is 5.12 Å². The van der Waals surface area contributed by atoms with Crippen molar-refractivity contribution in [2.45, 2.75) is 38.4 Å². The molecule has 1 unspecified atom stereocenters. The second kappa shape index (κ2) is 8.54. The van der Waals surface area contributed by atoms with Crippen molar-refractivity contribution in [2.75, 3.05) is 0 Å². The zero-order valence-corrected chi connectivity index (χ0v) is 13.3. The van der Waals surface area contributed by atoms with Crippen molar-refractivity contribution >= 4 is 32.8 Å². The Balaban J connectivity index is 2.53. The lowest BCUT2D eigenvalue weighted by molar-refractivity contribution is -0.109. The molecule has 1 atom stereocenters. The SMILES string of the molecule is CC(=O)SC(CCc1ccccc1)C/C(C)=C/Br. The molecule has 0 aliphatic rings. The van der Waals surface area contributed by atoms with Crippen molar-refractivity contribution in [3.05, 3.63) is 46.5 Å². The molecule has 3 heteroatoms. The number of aryl methyl sites for hydroxylation is 1. The van der Waals surface area contributed by atoms with Crippen molar-refractivity contribution < 1.29 is 4.79 Å². The molecular weight excluding hydrogens is 308 g/mol. The van der Waals surface area contributed by atoms with Gasteiger partial charge in [0.05, 0.1) is 0 Å². The van der Waals surface area contributed by atoms with Crippen LogP contribution in [-0.4, -0.2) is 10.4 Å². The van der Waals surface area contributed by atoms with Crippen LogP contribution in [0, 0.1) is 0 Å². The third-order valence-electron chi connectivity index (χ3n) is 2.67. The minimum atomic E-state index is 0.204. The van der Waals surface area contributed by atoms with E-state index in [1.165, 1.54) is 22.9 Å². The van der Waals surface area contributed by atoms with Crippen LogP contribution in [0.25, 0.3) is 0 Å². The molecule has 0 saturated carbocycles. The van der Waals surface area contributed by atoms with Crippen LogP contribution in [0.4, 0.5) is 0 Å². The van der Waals surface area contributed by atoms with E-state index in [1.807, 2.05) is 11.1 Å². The van der Waals surface area contributed by atoms with E-state index in [0.717, 1.165) is 19.3 Å². The van der Waals surface area contributed by atoms with Crippen molar-refractivity contribution in [2.24, 2.45) is 0 Å². The fourth-order valence-corrected chi connectivity index (χ4v) is 3.05. The smallest absolute Gasteiger partial charge is 0.186 e. The largest absolute Gasteiger partial charge is 0.288 e. The van der Waals surface area contributed by atoms with Gasteiger partial charge >= 0.3 is 0 Å². The van der Waals surface area contributed by atoms with Crippen LogP contribution in [0.15, 0.2) is 40.9 Å². The van der Waals surface area contributed by atoms with Crippen molar-refractivity contribution in [3.63, 3.8) is 0 Å². The molecule has 1 aromatic carbocycles. The minimum absolute atomic E-state index is 0.204. The molecule has 0 heterocycles. The molecule has 0 saturated heterocycles. The highest BCUT2D eigenvalue weighted by molar-refractivity contribution is 9.11. The maximum atomic E-state index is 11.3. The van der Waals surface area contributed by atoms with Crippen LogP contribution in [0.3, 0.4) is 0 Å². The summed E-state index contributed by atoms with van der Waals surface area (Å²) in [6, 6.07) is 10.4. The third-order valence-corrected chi connectivity index (χ3v) is 4.52. The lowest BCUT2D eigenvalue weighted by Gasteiger charge is -2.15. The van der Waals surface area contributed by atoms with Gasteiger partial charge in [-0.05, 0) is 36.7 Å². The summed E-state index contributed by atoms with van der Waals surface area (Å²) in [5.74, 6) is 0. The van der Waals surface area contributed by atoms with Crippen LogP contribution in [0.1, 0.15) is 32.3 Å². The molecule has 0 amide bonds. The molecule has 1 aromatic rings. The first-order chi connectivity index (χ1) is 8.61. The Morgan fingerprint density at radius 2 is 2.00 bits per heavy atom. The Morgan fingerprint density at radius 1 is 1.33 bits per heavy atom. The van der Waals surface area contributed by atoms with Crippen LogP contribution in [0.2, 0.25) is 0 Å². The molecule has 0 radical (unpaired) electrons. The molecule has 0 aliphatic heterocycles. The summed E-state index contributed by atoms with van der Waals surface area (Å²) in [6.45, 7) is 3.73. The van der Waals surface area contributed by atoms with Crippen molar-refractivity contribution in [3.8, 4) is 0 Å². The predicted molar refractivity (Wildman–Crippen MR) is 84.1 cm³/mol. The maximum Gasteiger partial charge on any atom is 0.186 e. The van der Waals surface area contributed by atoms with Crippen LogP contribution in [-0.2, 0) is 11.2 Å². The zero-order chi connectivity index (χ0) is 13.4. The molecular formula is C15H19BrOS. The summed E-state index contributed by atoms with van der Waals surface area (Å²) in [5, 5.41) is 0.576. The summed E-state index contributed by atoms with van der Waals surface area (Å²) in [4.78, 5) is 13.2. The molecule has 0 N–H and O–H groups in total. The van der Waals surface area contributed by atoms with E-state index in [4.69, 9.17) is 0 Å². The summed E-state index contributed by atoms with van der Waals surface area (Å²) >= 11 is 4.81. The minimum Gasteiger partial charge on any atom is -0.288 e. The number of rotatable bonds is 6. The number of hydrogen-bond acceptors (Lipinski definition) is 2. The molecule has 0 spiro atoms. The number of carbonyl (C=O) groups is 1. The Kier molecular flexibility index (Phi) is 7.36. The second-order valence-electron chi connectivity index (χ2n) is 4.42.